The van der Waals surface area contributed by atoms with Crippen molar-refractivity contribution in [1.82, 2.24) is 10.2 Å². The molecule has 0 aromatic carbocycles. The first-order valence-electron chi connectivity index (χ1n) is 7.10. The molecule has 6 heteroatoms. The average molecular weight is 293 g/mol. The first-order chi connectivity index (χ1) is 9.13. The number of rotatable bonds is 9. The zero-order chi connectivity index (χ0) is 15.8. The van der Waals surface area contributed by atoms with Crippen LogP contribution in [0.2, 0.25) is 0 Å². The fourth-order valence-corrected chi connectivity index (χ4v) is 2.12. The summed E-state index contributed by atoms with van der Waals surface area (Å²) >= 11 is 0. The summed E-state index contributed by atoms with van der Waals surface area (Å²) in [5.41, 5.74) is -0.582. The van der Waals surface area contributed by atoms with Crippen LogP contribution in [0.5, 0.6) is 0 Å². The lowest BCUT2D eigenvalue weighted by Gasteiger charge is -2.28. The van der Waals surface area contributed by atoms with Gasteiger partial charge in [0.2, 0.25) is 0 Å². The summed E-state index contributed by atoms with van der Waals surface area (Å²) in [6, 6.07) is 2.09. The summed E-state index contributed by atoms with van der Waals surface area (Å²) in [6.07, 6.45) is -2.11. The Morgan fingerprint density at radius 3 is 2.25 bits per heavy atom. The SMILES string of the molecule is CCNC(C)(C#N)CCCCN(CC(F)(F)F)C(C)C. The third-order valence-electron chi connectivity index (χ3n) is 3.30. The number of nitrogens with one attached hydrogen (secondary N) is 1. The van der Waals surface area contributed by atoms with Gasteiger partial charge in [-0.2, -0.15) is 18.4 Å². The highest BCUT2D eigenvalue weighted by Crippen LogP contribution is 2.19. The fourth-order valence-electron chi connectivity index (χ4n) is 2.12. The molecule has 0 bridgehead atoms. The molecule has 0 aromatic heterocycles. The van der Waals surface area contributed by atoms with Gasteiger partial charge in [-0.1, -0.05) is 6.92 Å². The van der Waals surface area contributed by atoms with Crippen molar-refractivity contribution in [3.63, 3.8) is 0 Å². The minimum Gasteiger partial charge on any atom is -0.300 e. The molecule has 1 N–H and O–H groups in total. The zero-order valence-corrected chi connectivity index (χ0v) is 12.8. The zero-order valence-electron chi connectivity index (χ0n) is 12.8. The van der Waals surface area contributed by atoms with Crippen molar-refractivity contribution in [2.45, 2.75) is 64.7 Å². The van der Waals surface area contributed by atoms with E-state index in [4.69, 9.17) is 5.26 Å². The van der Waals surface area contributed by atoms with Crippen molar-refractivity contribution < 1.29 is 13.2 Å². The highest BCUT2D eigenvalue weighted by Gasteiger charge is 2.31. The molecule has 0 saturated carbocycles. The molecule has 0 aliphatic heterocycles. The summed E-state index contributed by atoms with van der Waals surface area (Å²) in [6.45, 7) is 7.54. The summed E-state index contributed by atoms with van der Waals surface area (Å²) in [5.74, 6) is 0. The van der Waals surface area contributed by atoms with Crippen LogP contribution in [0.1, 0.15) is 47.0 Å². The predicted molar refractivity (Wildman–Crippen MR) is 74.3 cm³/mol. The van der Waals surface area contributed by atoms with E-state index < -0.39 is 18.3 Å². The van der Waals surface area contributed by atoms with Gasteiger partial charge in [-0.25, -0.2) is 0 Å². The Balaban J connectivity index is 4.16. The molecule has 0 rings (SSSR count). The number of nitriles is 1. The minimum absolute atomic E-state index is 0.132. The van der Waals surface area contributed by atoms with Gasteiger partial charge >= 0.3 is 6.18 Å². The quantitative estimate of drug-likeness (QED) is 0.663. The third kappa shape index (κ3) is 8.39. The fraction of sp³-hybridized carbons (Fsp3) is 0.929. The van der Waals surface area contributed by atoms with Gasteiger partial charge in [0.1, 0.15) is 5.54 Å². The molecule has 0 amide bonds. The Hall–Kier alpha value is -0.800. The molecule has 20 heavy (non-hydrogen) atoms. The van der Waals surface area contributed by atoms with Gasteiger partial charge in [0.15, 0.2) is 0 Å². The lowest BCUT2D eigenvalue weighted by Crippen LogP contribution is -2.41. The molecular weight excluding hydrogens is 267 g/mol. The lowest BCUT2D eigenvalue weighted by atomic mass is 9.96. The van der Waals surface area contributed by atoms with Crippen LogP contribution < -0.4 is 5.32 Å². The number of alkyl halides is 3. The molecule has 118 valence electrons. The summed E-state index contributed by atoms with van der Waals surface area (Å²) < 4.78 is 37.3. The first kappa shape index (κ1) is 19.2. The van der Waals surface area contributed by atoms with Crippen LogP contribution in [0.15, 0.2) is 0 Å². The second kappa shape index (κ2) is 8.48. The molecular formula is C14H26F3N3. The summed E-state index contributed by atoms with van der Waals surface area (Å²) in [5, 5.41) is 12.2. The highest BCUT2D eigenvalue weighted by molar-refractivity contribution is 5.03. The third-order valence-corrected chi connectivity index (χ3v) is 3.30. The molecule has 0 spiro atoms. The lowest BCUT2D eigenvalue weighted by molar-refractivity contribution is -0.149. The standard InChI is InChI=1S/C14H26F3N3/c1-5-19-13(4,10-18)8-6-7-9-20(12(2)3)11-14(15,16)17/h12,19H,5-9,11H2,1-4H3. The Bertz CT molecular complexity index is 310. The van der Waals surface area contributed by atoms with Gasteiger partial charge in [-0.3, -0.25) is 10.2 Å². The molecule has 3 nitrogen and oxygen atoms in total. The van der Waals surface area contributed by atoms with Crippen LogP contribution in [0, 0.1) is 11.3 Å². The van der Waals surface area contributed by atoms with E-state index in [1.165, 1.54) is 4.90 Å². The normalized spacial score (nSPS) is 15.4. The van der Waals surface area contributed by atoms with E-state index in [0.717, 1.165) is 6.42 Å². The van der Waals surface area contributed by atoms with Gasteiger partial charge in [0.25, 0.3) is 0 Å². The molecule has 1 atom stereocenters. The van der Waals surface area contributed by atoms with E-state index in [1.807, 2.05) is 13.8 Å². The molecule has 0 heterocycles. The van der Waals surface area contributed by atoms with Crippen LogP contribution >= 0.6 is 0 Å². The van der Waals surface area contributed by atoms with Crippen molar-refractivity contribution in [1.29, 1.82) is 5.26 Å². The van der Waals surface area contributed by atoms with Crippen molar-refractivity contribution in [3.05, 3.63) is 0 Å². The van der Waals surface area contributed by atoms with Gasteiger partial charge in [-0.05, 0) is 53.1 Å². The second-order valence-corrected chi connectivity index (χ2v) is 5.61. The first-order valence-corrected chi connectivity index (χ1v) is 7.10. The molecule has 0 radical (unpaired) electrons. The summed E-state index contributed by atoms with van der Waals surface area (Å²) in [4.78, 5) is 1.43. The van der Waals surface area contributed by atoms with Crippen LogP contribution in [0.4, 0.5) is 13.2 Å². The molecule has 1 unspecified atom stereocenters. The van der Waals surface area contributed by atoms with E-state index in [1.54, 1.807) is 13.8 Å². The van der Waals surface area contributed by atoms with Gasteiger partial charge in [0, 0.05) is 6.04 Å². The Labute approximate surface area is 120 Å². The van der Waals surface area contributed by atoms with Crippen molar-refractivity contribution in [2.24, 2.45) is 0 Å². The van der Waals surface area contributed by atoms with Crippen LogP contribution in [-0.4, -0.2) is 42.3 Å². The van der Waals surface area contributed by atoms with Gasteiger partial charge in [-0.15, -0.1) is 0 Å². The maximum atomic E-state index is 12.4. The highest BCUT2D eigenvalue weighted by atomic mass is 19.4. The van der Waals surface area contributed by atoms with Crippen LogP contribution in [-0.2, 0) is 0 Å². The number of hydrogen-bond donors (Lipinski definition) is 1. The minimum atomic E-state index is -4.16. The van der Waals surface area contributed by atoms with Crippen molar-refractivity contribution in [2.75, 3.05) is 19.6 Å². The van der Waals surface area contributed by atoms with E-state index in [0.29, 0.717) is 25.9 Å². The Morgan fingerprint density at radius 2 is 1.85 bits per heavy atom. The van der Waals surface area contributed by atoms with Crippen molar-refractivity contribution >= 4 is 0 Å². The average Bonchev–Trinajstić information content (AvgIpc) is 2.32. The predicted octanol–water partition coefficient (Wildman–Crippen LogP) is 3.32. The Kier molecular flexibility index (Phi) is 8.14. The number of nitrogens with zero attached hydrogens (tertiary/aromatic N) is 2. The largest absolute Gasteiger partial charge is 0.401 e. The van der Waals surface area contributed by atoms with Crippen LogP contribution in [0.3, 0.4) is 0 Å². The monoisotopic (exact) mass is 293 g/mol. The molecule has 0 aliphatic rings. The number of halogens is 3. The van der Waals surface area contributed by atoms with Gasteiger partial charge in [0.05, 0.1) is 12.6 Å². The van der Waals surface area contributed by atoms with E-state index >= 15 is 0 Å². The van der Waals surface area contributed by atoms with E-state index in [-0.39, 0.29) is 6.04 Å². The number of unbranched alkanes of at least 4 members (excludes halogenated alkanes) is 1. The Morgan fingerprint density at radius 1 is 1.25 bits per heavy atom. The van der Waals surface area contributed by atoms with E-state index in [9.17, 15) is 13.2 Å². The molecule has 0 fully saturated rings. The molecule has 0 aromatic rings. The van der Waals surface area contributed by atoms with Gasteiger partial charge < -0.3 is 0 Å². The molecule has 0 aliphatic carbocycles. The maximum Gasteiger partial charge on any atom is 0.401 e. The second-order valence-electron chi connectivity index (χ2n) is 5.61. The number of hydrogen-bond acceptors (Lipinski definition) is 3. The van der Waals surface area contributed by atoms with Crippen molar-refractivity contribution in [3.8, 4) is 6.07 Å². The smallest absolute Gasteiger partial charge is 0.300 e. The summed E-state index contributed by atoms with van der Waals surface area (Å²) in [7, 11) is 0. The van der Waals surface area contributed by atoms with Crippen LogP contribution in [0.25, 0.3) is 0 Å². The maximum absolute atomic E-state index is 12.4. The topological polar surface area (TPSA) is 39.1 Å². The van der Waals surface area contributed by atoms with E-state index in [2.05, 4.69) is 11.4 Å². The molecule has 0 saturated heterocycles.